The summed E-state index contributed by atoms with van der Waals surface area (Å²) in [5, 5.41) is 11.9. The Labute approximate surface area is 122 Å². The third-order valence-electron chi connectivity index (χ3n) is 2.33. The van der Waals surface area contributed by atoms with Crippen LogP contribution in [0.2, 0.25) is 5.02 Å². The molecule has 0 unspecified atom stereocenters. The zero-order valence-electron chi connectivity index (χ0n) is 9.45. The molecule has 0 bridgehead atoms. The van der Waals surface area contributed by atoms with Crippen LogP contribution in [-0.2, 0) is 0 Å². The van der Waals surface area contributed by atoms with Crippen LogP contribution in [0.25, 0.3) is 0 Å². The van der Waals surface area contributed by atoms with E-state index < -0.39 is 11.7 Å². The first-order chi connectivity index (χ1) is 8.95. The summed E-state index contributed by atoms with van der Waals surface area (Å²) in [7, 11) is 0. The summed E-state index contributed by atoms with van der Waals surface area (Å²) in [6.45, 7) is 0. The molecule has 0 atom stereocenters. The van der Waals surface area contributed by atoms with Crippen LogP contribution in [-0.4, -0.2) is 11.0 Å². The van der Waals surface area contributed by atoms with E-state index >= 15 is 0 Å². The SMILES string of the molecule is O=C(Nc1ccc(O)cc1F)c1cc(Cl)cc(Br)c1. The van der Waals surface area contributed by atoms with Gasteiger partial charge < -0.3 is 10.4 Å². The van der Waals surface area contributed by atoms with Gasteiger partial charge in [-0.2, -0.15) is 0 Å². The van der Waals surface area contributed by atoms with Crippen LogP contribution in [0.3, 0.4) is 0 Å². The predicted octanol–water partition coefficient (Wildman–Crippen LogP) is 4.20. The normalized spacial score (nSPS) is 10.3. The van der Waals surface area contributed by atoms with E-state index in [2.05, 4.69) is 21.2 Å². The zero-order valence-corrected chi connectivity index (χ0v) is 11.8. The number of rotatable bonds is 2. The Kier molecular flexibility index (Phi) is 4.07. The second-order valence-electron chi connectivity index (χ2n) is 3.78. The Morgan fingerprint density at radius 1 is 1.26 bits per heavy atom. The number of hydrogen-bond donors (Lipinski definition) is 2. The van der Waals surface area contributed by atoms with Crippen LogP contribution in [0.15, 0.2) is 40.9 Å². The number of aromatic hydroxyl groups is 1. The standard InChI is InChI=1S/C13H8BrClFNO2/c14-8-3-7(4-9(15)5-8)13(19)17-12-2-1-10(18)6-11(12)16/h1-6,18H,(H,17,19). The van der Waals surface area contributed by atoms with Crippen molar-refractivity contribution in [1.29, 1.82) is 0 Å². The van der Waals surface area contributed by atoms with Crippen LogP contribution < -0.4 is 5.32 Å². The van der Waals surface area contributed by atoms with Crippen molar-refractivity contribution < 1.29 is 14.3 Å². The molecule has 0 aliphatic carbocycles. The van der Waals surface area contributed by atoms with E-state index in [0.717, 1.165) is 6.07 Å². The number of carbonyl (C=O) groups excluding carboxylic acids is 1. The molecule has 98 valence electrons. The fourth-order valence-electron chi connectivity index (χ4n) is 1.48. The van der Waals surface area contributed by atoms with E-state index in [1.165, 1.54) is 18.2 Å². The quantitative estimate of drug-likeness (QED) is 0.802. The van der Waals surface area contributed by atoms with Gasteiger partial charge in [0.05, 0.1) is 5.69 Å². The zero-order chi connectivity index (χ0) is 14.0. The average Bonchev–Trinajstić information content (AvgIpc) is 2.31. The molecule has 0 aliphatic heterocycles. The van der Waals surface area contributed by atoms with Crippen molar-refractivity contribution in [3.63, 3.8) is 0 Å². The van der Waals surface area contributed by atoms with Gasteiger partial charge in [-0.15, -0.1) is 0 Å². The molecule has 0 aromatic heterocycles. The molecule has 2 N–H and O–H groups in total. The van der Waals surface area contributed by atoms with Crippen LogP contribution in [0.5, 0.6) is 5.75 Å². The van der Waals surface area contributed by atoms with Crippen molar-refractivity contribution in [2.45, 2.75) is 0 Å². The number of hydrogen-bond acceptors (Lipinski definition) is 2. The molecule has 0 fully saturated rings. The van der Waals surface area contributed by atoms with Gasteiger partial charge in [0.15, 0.2) is 0 Å². The van der Waals surface area contributed by atoms with E-state index in [9.17, 15) is 9.18 Å². The third kappa shape index (κ3) is 3.45. The van der Waals surface area contributed by atoms with E-state index in [-0.39, 0.29) is 11.4 Å². The Balaban J connectivity index is 2.25. The van der Waals surface area contributed by atoms with Crippen molar-refractivity contribution in [2.75, 3.05) is 5.32 Å². The first-order valence-corrected chi connectivity index (χ1v) is 6.39. The maximum Gasteiger partial charge on any atom is 0.255 e. The summed E-state index contributed by atoms with van der Waals surface area (Å²) in [5.41, 5.74) is 0.283. The Hall–Kier alpha value is -1.59. The molecule has 2 aromatic rings. The lowest BCUT2D eigenvalue weighted by molar-refractivity contribution is 0.102. The molecule has 0 heterocycles. The summed E-state index contributed by atoms with van der Waals surface area (Å²) in [5.74, 6) is -1.41. The molecule has 6 heteroatoms. The highest BCUT2D eigenvalue weighted by Crippen LogP contribution is 2.22. The Morgan fingerprint density at radius 3 is 2.63 bits per heavy atom. The molecular weight excluding hydrogens is 337 g/mol. The molecule has 0 spiro atoms. The predicted molar refractivity (Wildman–Crippen MR) is 75.2 cm³/mol. The lowest BCUT2D eigenvalue weighted by atomic mass is 10.2. The minimum absolute atomic E-state index is 0.0149. The summed E-state index contributed by atoms with van der Waals surface area (Å²) in [4.78, 5) is 11.9. The highest BCUT2D eigenvalue weighted by molar-refractivity contribution is 9.10. The highest BCUT2D eigenvalue weighted by Gasteiger charge is 2.11. The Morgan fingerprint density at radius 2 is 2.00 bits per heavy atom. The molecule has 1 amide bonds. The van der Waals surface area contributed by atoms with Crippen LogP contribution >= 0.6 is 27.5 Å². The minimum atomic E-state index is -0.713. The molecular formula is C13H8BrClFNO2. The summed E-state index contributed by atoms with van der Waals surface area (Å²) in [6.07, 6.45) is 0. The molecule has 2 aromatic carbocycles. The number of phenols is 1. The molecule has 3 nitrogen and oxygen atoms in total. The Bertz CT molecular complexity index is 628. The monoisotopic (exact) mass is 343 g/mol. The van der Waals surface area contributed by atoms with Gasteiger partial charge in [-0.25, -0.2) is 4.39 Å². The van der Waals surface area contributed by atoms with Gasteiger partial charge in [0, 0.05) is 21.1 Å². The second-order valence-corrected chi connectivity index (χ2v) is 5.13. The number of anilines is 1. The van der Waals surface area contributed by atoms with Crippen LogP contribution in [0.4, 0.5) is 10.1 Å². The average molecular weight is 345 g/mol. The van der Waals surface area contributed by atoms with Gasteiger partial charge in [0.25, 0.3) is 5.91 Å². The van der Waals surface area contributed by atoms with E-state index in [1.807, 2.05) is 0 Å². The van der Waals surface area contributed by atoms with Gasteiger partial charge in [-0.1, -0.05) is 27.5 Å². The van der Waals surface area contributed by atoms with Crippen LogP contribution in [0, 0.1) is 5.82 Å². The van der Waals surface area contributed by atoms with E-state index in [4.69, 9.17) is 16.7 Å². The largest absolute Gasteiger partial charge is 0.508 e. The number of nitrogens with one attached hydrogen (secondary N) is 1. The van der Waals surface area contributed by atoms with Crippen molar-refractivity contribution in [2.24, 2.45) is 0 Å². The smallest absolute Gasteiger partial charge is 0.255 e. The number of halogens is 3. The molecule has 19 heavy (non-hydrogen) atoms. The maximum absolute atomic E-state index is 13.5. The molecule has 2 rings (SSSR count). The fraction of sp³-hybridized carbons (Fsp3) is 0. The van der Waals surface area contributed by atoms with Crippen LogP contribution in [0.1, 0.15) is 10.4 Å². The number of benzene rings is 2. The van der Waals surface area contributed by atoms with Gasteiger partial charge >= 0.3 is 0 Å². The van der Waals surface area contributed by atoms with Gasteiger partial charge in [-0.05, 0) is 30.3 Å². The third-order valence-corrected chi connectivity index (χ3v) is 3.00. The van der Waals surface area contributed by atoms with Gasteiger partial charge in [-0.3, -0.25) is 4.79 Å². The summed E-state index contributed by atoms with van der Waals surface area (Å²) >= 11 is 9.05. The second kappa shape index (κ2) is 5.59. The molecule has 0 aliphatic rings. The minimum Gasteiger partial charge on any atom is -0.508 e. The summed E-state index contributed by atoms with van der Waals surface area (Å²) in [6, 6.07) is 8.16. The van der Waals surface area contributed by atoms with E-state index in [1.54, 1.807) is 12.1 Å². The summed E-state index contributed by atoms with van der Waals surface area (Å²) < 4.78 is 14.1. The first kappa shape index (κ1) is 13.8. The molecule has 0 radical (unpaired) electrons. The van der Waals surface area contributed by atoms with Crippen molar-refractivity contribution in [3.8, 4) is 5.75 Å². The van der Waals surface area contributed by atoms with Crippen molar-refractivity contribution in [3.05, 3.63) is 57.3 Å². The lowest BCUT2D eigenvalue weighted by Crippen LogP contribution is -2.13. The lowest BCUT2D eigenvalue weighted by Gasteiger charge is -2.07. The molecule has 0 saturated carbocycles. The maximum atomic E-state index is 13.5. The van der Waals surface area contributed by atoms with Gasteiger partial charge in [0.2, 0.25) is 0 Å². The highest BCUT2D eigenvalue weighted by atomic mass is 79.9. The molecule has 0 saturated heterocycles. The van der Waals surface area contributed by atoms with Crippen molar-refractivity contribution in [1.82, 2.24) is 0 Å². The number of phenolic OH excluding ortho intramolecular Hbond substituents is 1. The number of carbonyl (C=O) groups is 1. The van der Waals surface area contributed by atoms with Crippen molar-refractivity contribution >= 4 is 39.1 Å². The first-order valence-electron chi connectivity index (χ1n) is 5.21. The fourth-order valence-corrected chi connectivity index (χ4v) is 2.34. The number of amides is 1. The van der Waals surface area contributed by atoms with Gasteiger partial charge in [0.1, 0.15) is 11.6 Å². The van der Waals surface area contributed by atoms with E-state index in [0.29, 0.717) is 15.1 Å². The topological polar surface area (TPSA) is 49.3 Å².